The standard InChI is InChI=1S/C11H21N5S/c1-2-9-4-3-5-10(8-9)17-11-13-14-15-16(11)7-6-12/h9-10H,2-8,12H2,1H3. The molecule has 1 aliphatic carbocycles. The van der Waals surface area contributed by atoms with Crippen molar-refractivity contribution in [3.8, 4) is 0 Å². The van der Waals surface area contributed by atoms with E-state index in [0.29, 0.717) is 18.3 Å². The smallest absolute Gasteiger partial charge is 0.209 e. The Balaban J connectivity index is 1.93. The third-order valence-electron chi connectivity index (χ3n) is 3.42. The molecule has 1 aromatic rings. The first-order chi connectivity index (χ1) is 8.33. The zero-order valence-corrected chi connectivity index (χ0v) is 11.2. The van der Waals surface area contributed by atoms with Gasteiger partial charge < -0.3 is 5.73 Å². The average Bonchev–Trinajstić information content (AvgIpc) is 2.78. The third-order valence-corrected chi connectivity index (χ3v) is 4.69. The van der Waals surface area contributed by atoms with Gasteiger partial charge >= 0.3 is 0 Å². The lowest BCUT2D eigenvalue weighted by atomic mass is 9.87. The molecule has 1 fully saturated rings. The Kier molecular flexibility index (Phi) is 4.79. The molecule has 1 saturated carbocycles. The normalized spacial score (nSPS) is 25.1. The SMILES string of the molecule is CCC1CCCC(Sc2nnnn2CCN)C1. The highest BCUT2D eigenvalue weighted by atomic mass is 32.2. The summed E-state index contributed by atoms with van der Waals surface area (Å²) in [5.74, 6) is 0.889. The Morgan fingerprint density at radius 2 is 2.35 bits per heavy atom. The number of nitrogens with zero attached hydrogens (tertiary/aromatic N) is 4. The van der Waals surface area contributed by atoms with Crippen molar-refractivity contribution < 1.29 is 0 Å². The van der Waals surface area contributed by atoms with Crippen LogP contribution in [-0.2, 0) is 6.54 Å². The Labute approximate surface area is 107 Å². The van der Waals surface area contributed by atoms with Gasteiger partial charge in [-0.05, 0) is 29.2 Å². The molecule has 0 saturated heterocycles. The summed E-state index contributed by atoms with van der Waals surface area (Å²) in [7, 11) is 0. The maximum Gasteiger partial charge on any atom is 0.209 e. The lowest BCUT2D eigenvalue weighted by Gasteiger charge is -2.27. The largest absolute Gasteiger partial charge is 0.329 e. The van der Waals surface area contributed by atoms with Crippen LogP contribution in [0.1, 0.15) is 39.0 Å². The molecule has 1 aromatic heterocycles. The molecule has 0 spiro atoms. The predicted molar refractivity (Wildman–Crippen MR) is 68.8 cm³/mol. The number of hydrogen-bond acceptors (Lipinski definition) is 5. The molecule has 1 heterocycles. The fraction of sp³-hybridized carbons (Fsp3) is 0.909. The summed E-state index contributed by atoms with van der Waals surface area (Å²) in [5.41, 5.74) is 5.54. The number of nitrogens with two attached hydrogens (primary N) is 1. The van der Waals surface area contributed by atoms with Crippen LogP contribution in [0.3, 0.4) is 0 Å². The van der Waals surface area contributed by atoms with E-state index in [0.717, 1.165) is 11.1 Å². The van der Waals surface area contributed by atoms with Gasteiger partial charge in [0.05, 0.1) is 6.54 Å². The highest BCUT2D eigenvalue weighted by Gasteiger charge is 2.23. The number of tetrazole rings is 1. The quantitative estimate of drug-likeness (QED) is 0.867. The van der Waals surface area contributed by atoms with Gasteiger partial charge in [0.2, 0.25) is 5.16 Å². The van der Waals surface area contributed by atoms with Crippen molar-refractivity contribution in [2.75, 3.05) is 6.54 Å². The summed E-state index contributed by atoms with van der Waals surface area (Å²) in [6.07, 6.45) is 6.62. The van der Waals surface area contributed by atoms with Gasteiger partial charge in [0.25, 0.3) is 0 Å². The van der Waals surface area contributed by atoms with Crippen LogP contribution in [0, 0.1) is 5.92 Å². The van der Waals surface area contributed by atoms with Crippen molar-refractivity contribution in [1.82, 2.24) is 20.2 Å². The van der Waals surface area contributed by atoms with Crippen LogP contribution in [0.5, 0.6) is 0 Å². The van der Waals surface area contributed by atoms with Crippen molar-refractivity contribution in [1.29, 1.82) is 0 Å². The molecule has 1 aliphatic rings. The number of aromatic nitrogens is 4. The zero-order valence-electron chi connectivity index (χ0n) is 10.4. The van der Waals surface area contributed by atoms with Crippen molar-refractivity contribution in [3.63, 3.8) is 0 Å². The average molecular weight is 255 g/mol. The topological polar surface area (TPSA) is 69.6 Å². The van der Waals surface area contributed by atoms with Crippen LogP contribution in [-0.4, -0.2) is 32.0 Å². The lowest BCUT2D eigenvalue weighted by molar-refractivity contribution is 0.357. The molecule has 2 unspecified atom stereocenters. The molecule has 0 aliphatic heterocycles. The second kappa shape index (κ2) is 6.35. The first-order valence-electron chi connectivity index (χ1n) is 6.46. The lowest BCUT2D eigenvalue weighted by Crippen LogP contribution is -2.18. The molecule has 2 N–H and O–H groups in total. The summed E-state index contributed by atoms with van der Waals surface area (Å²) in [6, 6.07) is 0. The highest BCUT2D eigenvalue weighted by Crippen LogP contribution is 2.36. The number of thioether (sulfide) groups is 1. The summed E-state index contributed by atoms with van der Waals surface area (Å²) in [4.78, 5) is 0. The van der Waals surface area contributed by atoms with E-state index in [-0.39, 0.29) is 0 Å². The molecule has 96 valence electrons. The van der Waals surface area contributed by atoms with E-state index in [4.69, 9.17) is 5.73 Å². The summed E-state index contributed by atoms with van der Waals surface area (Å²) in [5, 5.41) is 13.4. The maximum absolute atomic E-state index is 5.54. The second-order valence-corrected chi connectivity index (χ2v) is 5.92. The molecule has 2 rings (SSSR count). The van der Waals surface area contributed by atoms with Crippen molar-refractivity contribution >= 4 is 11.8 Å². The monoisotopic (exact) mass is 255 g/mol. The van der Waals surface area contributed by atoms with Gasteiger partial charge in [-0.1, -0.05) is 37.9 Å². The van der Waals surface area contributed by atoms with E-state index in [1.165, 1.54) is 32.1 Å². The highest BCUT2D eigenvalue weighted by molar-refractivity contribution is 7.99. The number of rotatable bonds is 5. The van der Waals surface area contributed by atoms with E-state index in [2.05, 4.69) is 22.4 Å². The fourth-order valence-electron chi connectivity index (χ4n) is 2.41. The third kappa shape index (κ3) is 3.42. The molecule has 17 heavy (non-hydrogen) atoms. The minimum Gasteiger partial charge on any atom is -0.329 e. The van der Waals surface area contributed by atoms with Gasteiger partial charge in [-0.15, -0.1) is 5.10 Å². The van der Waals surface area contributed by atoms with Crippen LogP contribution in [0.4, 0.5) is 0 Å². The van der Waals surface area contributed by atoms with E-state index in [1.807, 2.05) is 16.4 Å². The molecule has 5 nitrogen and oxygen atoms in total. The van der Waals surface area contributed by atoms with E-state index in [1.54, 1.807) is 0 Å². The molecule has 0 amide bonds. The zero-order chi connectivity index (χ0) is 12.1. The Morgan fingerprint density at radius 1 is 1.47 bits per heavy atom. The predicted octanol–water partition coefficient (Wildman–Crippen LogP) is 1.69. The molecule has 0 bridgehead atoms. The first-order valence-corrected chi connectivity index (χ1v) is 7.34. The van der Waals surface area contributed by atoms with Crippen LogP contribution >= 0.6 is 11.8 Å². The van der Waals surface area contributed by atoms with Crippen LogP contribution in [0.15, 0.2) is 5.16 Å². The summed E-state index contributed by atoms with van der Waals surface area (Å²) < 4.78 is 1.82. The van der Waals surface area contributed by atoms with Gasteiger partial charge in [0.15, 0.2) is 0 Å². The van der Waals surface area contributed by atoms with Gasteiger partial charge in [-0.25, -0.2) is 4.68 Å². The molecule has 0 radical (unpaired) electrons. The van der Waals surface area contributed by atoms with E-state index >= 15 is 0 Å². The molecule has 6 heteroatoms. The first kappa shape index (κ1) is 12.8. The minimum atomic E-state index is 0.584. The Hall–Kier alpha value is -0.620. The molecule has 2 atom stereocenters. The van der Waals surface area contributed by atoms with Gasteiger partial charge in [-0.3, -0.25) is 0 Å². The van der Waals surface area contributed by atoms with Gasteiger partial charge in [-0.2, -0.15) is 0 Å². The summed E-state index contributed by atoms with van der Waals surface area (Å²) >= 11 is 1.83. The minimum absolute atomic E-state index is 0.584. The molecular formula is C11H21N5S. The molecule has 0 aromatic carbocycles. The second-order valence-electron chi connectivity index (χ2n) is 4.65. The fourth-order valence-corrected chi connectivity index (χ4v) is 3.70. The Morgan fingerprint density at radius 3 is 3.12 bits per heavy atom. The van der Waals surface area contributed by atoms with Crippen LogP contribution in [0.2, 0.25) is 0 Å². The summed E-state index contributed by atoms with van der Waals surface area (Å²) in [6.45, 7) is 3.58. The van der Waals surface area contributed by atoms with Gasteiger partial charge in [0, 0.05) is 11.8 Å². The maximum atomic E-state index is 5.54. The van der Waals surface area contributed by atoms with Crippen molar-refractivity contribution in [2.24, 2.45) is 11.7 Å². The number of hydrogen-bond donors (Lipinski definition) is 1. The van der Waals surface area contributed by atoms with E-state index < -0.39 is 0 Å². The van der Waals surface area contributed by atoms with Crippen LogP contribution < -0.4 is 5.73 Å². The van der Waals surface area contributed by atoms with E-state index in [9.17, 15) is 0 Å². The van der Waals surface area contributed by atoms with Crippen molar-refractivity contribution in [2.45, 2.75) is 56.0 Å². The van der Waals surface area contributed by atoms with Crippen LogP contribution in [0.25, 0.3) is 0 Å². The van der Waals surface area contributed by atoms with Crippen molar-refractivity contribution in [3.05, 3.63) is 0 Å². The van der Waals surface area contributed by atoms with Gasteiger partial charge in [0.1, 0.15) is 0 Å². The Bertz CT molecular complexity index is 340. The molecular weight excluding hydrogens is 234 g/mol.